The van der Waals surface area contributed by atoms with E-state index in [9.17, 15) is 9.59 Å². The highest BCUT2D eigenvalue weighted by Crippen LogP contribution is 2.44. The highest BCUT2D eigenvalue weighted by atomic mass is 16.5. The van der Waals surface area contributed by atoms with Crippen molar-refractivity contribution < 1.29 is 19.1 Å². The van der Waals surface area contributed by atoms with Crippen molar-refractivity contribution in [1.29, 1.82) is 0 Å². The Hall–Kier alpha value is -2.82. The van der Waals surface area contributed by atoms with E-state index in [1.54, 1.807) is 0 Å². The summed E-state index contributed by atoms with van der Waals surface area (Å²) in [5, 5.41) is 3.07. The normalized spacial score (nSPS) is 17.7. The van der Waals surface area contributed by atoms with Gasteiger partial charge < -0.3 is 14.8 Å². The van der Waals surface area contributed by atoms with Crippen LogP contribution in [0.4, 0.5) is 5.69 Å². The van der Waals surface area contributed by atoms with Gasteiger partial charge in [0.25, 0.3) is 5.91 Å². The van der Waals surface area contributed by atoms with Crippen LogP contribution in [-0.2, 0) is 16.0 Å². The maximum absolute atomic E-state index is 13.2. The van der Waals surface area contributed by atoms with Crippen LogP contribution < -0.4 is 14.8 Å². The first-order chi connectivity index (χ1) is 13.9. The van der Waals surface area contributed by atoms with E-state index in [4.69, 9.17) is 9.47 Å². The fourth-order valence-corrected chi connectivity index (χ4v) is 4.04. The zero-order valence-electron chi connectivity index (χ0n) is 19.2. The molecule has 1 atom stereocenters. The van der Waals surface area contributed by atoms with Gasteiger partial charge in [0.2, 0.25) is 0 Å². The maximum atomic E-state index is 13.2. The number of ether oxygens (including phenoxy) is 2. The number of fused-ring (bicyclic) bond motifs is 1. The van der Waals surface area contributed by atoms with Crippen molar-refractivity contribution in [3.63, 3.8) is 0 Å². The number of carbonyl (C=O) groups excluding carboxylic acids is 2. The highest BCUT2D eigenvalue weighted by molar-refractivity contribution is 5.98. The molecule has 0 aliphatic carbocycles. The van der Waals surface area contributed by atoms with E-state index < -0.39 is 5.60 Å². The van der Waals surface area contributed by atoms with Gasteiger partial charge in [0, 0.05) is 24.6 Å². The van der Waals surface area contributed by atoms with Crippen LogP contribution in [0, 0.1) is 41.5 Å². The summed E-state index contributed by atoms with van der Waals surface area (Å²) in [4.78, 5) is 24.8. The van der Waals surface area contributed by atoms with E-state index in [0.717, 1.165) is 44.8 Å². The lowest BCUT2D eigenvalue weighted by Gasteiger charge is -2.37. The molecule has 5 nitrogen and oxygen atoms in total. The third-order valence-corrected chi connectivity index (χ3v) is 6.31. The van der Waals surface area contributed by atoms with Crippen LogP contribution in [0.3, 0.4) is 0 Å². The molecule has 2 aromatic rings. The number of nitrogens with one attached hydrogen (secondary N) is 1. The second-order valence-electron chi connectivity index (χ2n) is 8.64. The molecule has 3 rings (SSSR count). The molecule has 0 bridgehead atoms. The van der Waals surface area contributed by atoms with E-state index in [2.05, 4.69) is 18.3 Å². The number of hydrogen-bond acceptors (Lipinski definition) is 4. The van der Waals surface area contributed by atoms with Crippen molar-refractivity contribution in [1.82, 2.24) is 0 Å². The van der Waals surface area contributed by atoms with Crippen LogP contribution in [-0.4, -0.2) is 17.5 Å². The molecule has 0 fully saturated rings. The molecule has 0 spiro atoms. The molecule has 1 unspecified atom stereocenters. The number of benzene rings is 2. The Kier molecular flexibility index (Phi) is 5.68. The second-order valence-corrected chi connectivity index (χ2v) is 8.64. The molecule has 1 aliphatic rings. The smallest absolute Gasteiger partial charge is 0.308 e. The molecular weight excluding hydrogens is 378 g/mol. The summed E-state index contributed by atoms with van der Waals surface area (Å²) in [6.07, 6.45) is 1.21. The first-order valence-corrected chi connectivity index (χ1v) is 10.3. The zero-order valence-corrected chi connectivity index (χ0v) is 19.2. The summed E-state index contributed by atoms with van der Waals surface area (Å²) in [5.41, 5.74) is 6.85. The summed E-state index contributed by atoms with van der Waals surface area (Å²) >= 11 is 0. The molecule has 30 heavy (non-hydrogen) atoms. The lowest BCUT2D eigenvalue weighted by molar-refractivity contribution is -0.132. The summed E-state index contributed by atoms with van der Waals surface area (Å²) in [6.45, 7) is 15.1. The highest BCUT2D eigenvalue weighted by Gasteiger charge is 2.41. The molecular formula is C25H31NO4. The van der Waals surface area contributed by atoms with Gasteiger partial charge in [0.15, 0.2) is 5.60 Å². The van der Waals surface area contributed by atoms with E-state index in [1.165, 1.54) is 12.5 Å². The number of rotatable bonds is 3. The predicted octanol–water partition coefficient (Wildman–Crippen LogP) is 5.18. The molecule has 0 radical (unpaired) electrons. The molecule has 0 saturated carbocycles. The number of anilines is 1. The molecule has 0 saturated heterocycles. The van der Waals surface area contributed by atoms with Crippen molar-refractivity contribution in [3.8, 4) is 11.5 Å². The molecule has 1 aliphatic heterocycles. The SMILES string of the molecule is CC(=O)Oc1c(C)c(C)c2c(c1C)CCC(C)(C(=O)Nc1cc(C)c(C)cc1C)O2. The van der Waals surface area contributed by atoms with Gasteiger partial charge in [-0.25, -0.2) is 0 Å². The van der Waals surface area contributed by atoms with E-state index in [-0.39, 0.29) is 11.9 Å². The maximum Gasteiger partial charge on any atom is 0.308 e. The number of aryl methyl sites for hydroxylation is 3. The Morgan fingerprint density at radius 3 is 2.23 bits per heavy atom. The van der Waals surface area contributed by atoms with E-state index in [0.29, 0.717) is 18.6 Å². The van der Waals surface area contributed by atoms with Crippen LogP contribution in [0.1, 0.15) is 59.2 Å². The lowest BCUT2D eigenvalue weighted by Crippen LogP contribution is -2.48. The molecule has 0 aromatic heterocycles. The minimum absolute atomic E-state index is 0.154. The Morgan fingerprint density at radius 2 is 1.60 bits per heavy atom. The third kappa shape index (κ3) is 3.81. The van der Waals surface area contributed by atoms with Gasteiger partial charge in [-0.1, -0.05) is 6.07 Å². The van der Waals surface area contributed by atoms with Gasteiger partial charge in [-0.2, -0.15) is 0 Å². The van der Waals surface area contributed by atoms with Crippen LogP contribution in [0.2, 0.25) is 0 Å². The summed E-state index contributed by atoms with van der Waals surface area (Å²) in [7, 11) is 0. The topological polar surface area (TPSA) is 64.6 Å². The second kappa shape index (κ2) is 7.78. The van der Waals surface area contributed by atoms with Crippen molar-refractivity contribution >= 4 is 17.6 Å². The van der Waals surface area contributed by atoms with Crippen LogP contribution in [0.15, 0.2) is 12.1 Å². The summed E-state index contributed by atoms with van der Waals surface area (Å²) in [5.74, 6) is 0.825. The van der Waals surface area contributed by atoms with Crippen molar-refractivity contribution in [2.24, 2.45) is 0 Å². The van der Waals surface area contributed by atoms with Crippen molar-refractivity contribution in [2.75, 3.05) is 5.32 Å². The molecule has 5 heteroatoms. The first-order valence-electron chi connectivity index (χ1n) is 10.3. The first kappa shape index (κ1) is 21.9. The Balaban J connectivity index is 1.94. The number of hydrogen-bond donors (Lipinski definition) is 1. The Labute approximate surface area is 178 Å². The minimum atomic E-state index is -0.981. The van der Waals surface area contributed by atoms with Gasteiger partial charge >= 0.3 is 5.97 Å². The van der Waals surface area contributed by atoms with Crippen molar-refractivity contribution in [2.45, 2.75) is 73.8 Å². The van der Waals surface area contributed by atoms with E-state index in [1.807, 2.05) is 47.6 Å². The predicted molar refractivity (Wildman–Crippen MR) is 119 cm³/mol. The molecule has 1 heterocycles. The fourth-order valence-electron chi connectivity index (χ4n) is 4.04. The third-order valence-electron chi connectivity index (χ3n) is 6.31. The van der Waals surface area contributed by atoms with Crippen molar-refractivity contribution in [3.05, 3.63) is 51.1 Å². The number of esters is 1. The summed E-state index contributed by atoms with van der Waals surface area (Å²) in [6, 6.07) is 4.09. The fraction of sp³-hybridized carbons (Fsp3) is 0.440. The van der Waals surface area contributed by atoms with Gasteiger partial charge in [0.1, 0.15) is 11.5 Å². The van der Waals surface area contributed by atoms with Gasteiger partial charge in [-0.05, 0) is 94.3 Å². The monoisotopic (exact) mass is 409 g/mol. The van der Waals surface area contributed by atoms with Crippen LogP contribution in [0.5, 0.6) is 11.5 Å². The van der Waals surface area contributed by atoms with E-state index >= 15 is 0 Å². The Morgan fingerprint density at radius 1 is 0.967 bits per heavy atom. The standard InChI is InChI=1S/C25H31NO4/c1-13-11-15(3)21(12-14(13)2)26-24(28)25(8)10-9-20-18(6)22(29-19(7)27)16(4)17(5)23(20)30-25/h11-12H,9-10H2,1-8H3,(H,26,28). The molecule has 1 amide bonds. The quantitative estimate of drug-likeness (QED) is 0.560. The van der Waals surface area contributed by atoms with Crippen LogP contribution in [0.25, 0.3) is 0 Å². The average molecular weight is 410 g/mol. The average Bonchev–Trinajstić information content (AvgIpc) is 2.67. The Bertz CT molecular complexity index is 1050. The zero-order chi connectivity index (χ0) is 22.4. The van der Waals surface area contributed by atoms with Crippen LogP contribution >= 0.6 is 0 Å². The minimum Gasteiger partial charge on any atom is -0.477 e. The molecule has 2 aromatic carbocycles. The molecule has 160 valence electrons. The lowest BCUT2D eigenvalue weighted by atomic mass is 9.86. The number of carbonyl (C=O) groups is 2. The van der Waals surface area contributed by atoms with Gasteiger partial charge in [-0.3, -0.25) is 9.59 Å². The van der Waals surface area contributed by atoms with Gasteiger partial charge in [-0.15, -0.1) is 0 Å². The largest absolute Gasteiger partial charge is 0.477 e. The summed E-state index contributed by atoms with van der Waals surface area (Å²) < 4.78 is 11.8. The molecule has 1 N–H and O–H groups in total. The number of amides is 1. The van der Waals surface area contributed by atoms with Gasteiger partial charge in [0.05, 0.1) is 0 Å².